The van der Waals surface area contributed by atoms with Crippen LogP contribution < -0.4 is 4.74 Å². The smallest absolute Gasteiger partial charge is 0.307 e. The highest BCUT2D eigenvalue weighted by Gasteiger charge is 2.12. The van der Waals surface area contributed by atoms with E-state index in [-0.39, 0.29) is 6.42 Å². The SMILES string of the molecule is COc1ccc(-n2ncc(CC(=O)O)c2Cl)cc1. The van der Waals surface area contributed by atoms with Gasteiger partial charge in [-0.15, -0.1) is 0 Å². The van der Waals surface area contributed by atoms with Gasteiger partial charge in [-0.3, -0.25) is 4.79 Å². The molecular formula is C12H11ClN2O3. The Morgan fingerprint density at radius 1 is 1.44 bits per heavy atom. The van der Waals surface area contributed by atoms with Crippen LogP contribution in [0, 0.1) is 0 Å². The molecule has 94 valence electrons. The molecule has 0 unspecified atom stereocenters. The molecule has 0 aliphatic heterocycles. The summed E-state index contributed by atoms with van der Waals surface area (Å²) >= 11 is 6.08. The van der Waals surface area contributed by atoms with E-state index in [0.29, 0.717) is 10.7 Å². The zero-order valence-corrected chi connectivity index (χ0v) is 10.4. The first-order valence-corrected chi connectivity index (χ1v) is 5.58. The van der Waals surface area contributed by atoms with Gasteiger partial charge in [0, 0.05) is 5.56 Å². The maximum absolute atomic E-state index is 10.6. The number of halogens is 1. The number of carboxylic acids is 1. The Hall–Kier alpha value is -2.01. The number of hydrogen-bond donors (Lipinski definition) is 1. The second kappa shape index (κ2) is 5.10. The van der Waals surface area contributed by atoms with E-state index in [4.69, 9.17) is 21.4 Å². The van der Waals surface area contributed by atoms with Gasteiger partial charge in [0.15, 0.2) is 0 Å². The lowest BCUT2D eigenvalue weighted by atomic mass is 10.2. The number of carboxylic acid groups (broad SMARTS) is 1. The molecule has 18 heavy (non-hydrogen) atoms. The Labute approximate surface area is 109 Å². The second-order valence-electron chi connectivity index (χ2n) is 3.64. The molecule has 0 spiro atoms. The Kier molecular flexibility index (Phi) is 3.53. The van der Waals surface area contributed by atoms with Crippen molar-refractivity contribution in [2.45, 2.75) is 6.42 Å². The zero-order chi connectivity index (χ0) is 13.1. The molecule has 0 fully saturated rings. The van der Waals surface area contributed by atoms with E-state index in [0.717, 1.165) is 11.4 Å². The number of methoxy groups -OCH3 is 1. The van der Waals surface area contributed by atoms with E-state index in [1.54, 1.807) is 31.4 Å². The third kappa shape index (κ3) is 2.46. The van der Waals surface area contributed by atoms with E-state index in [9.17, 15) is 4.79 Å². The summed E-state index contributed by atoms with van der Waals surface area (Å²) in [4.78, 5) is 10.6. The highest BCUT2D eigenvalue weighted by molar-refractivity contribution is 6.30. The van der Waals surface area contributed by atoms with Crippen LogP contribution in [0.3, 0.4) is 0 Å². The highest BCUT2D eigenvalue weighted by Crippen LogP contribution is 2.22. The summed E-state index contributed by atoms with van der Waals surface area (Å²) in [7, 11) is 1.58. The van der Waals surface area contributed by atoms with Crippen molar-refractivity contribution in [3.8, 4) is 11.4 Å². The van der Waals surface area contributed by atoms with Crippen LogP contribution in [0.1, 0.15) is 5.56 Å². The van der Waals surface area contributed by atoms with Crippen LogP contribution in [0.4, 0.5) is 0 Å². The summed E-state index contributed by atoms with van der Waals surface area (Å²) in [5.74, 6) is -0.209. The Morgan fingerprint density at radius 3 is 2.67 bits per heavy atom. The average molecular weight is 267 g/mol. The van der Waals surface area contributed by atoms with Gasteiger partial charge in [0.05, 0.1) is 25.4 Å². The summed E-state index contributed by atoms with van der Waals surface area (Å²) in [5, 5.41) is 13.1. The molecule has 0 saturated carbocycles. The van der Waals surface area contributed by atoms with Gasteiger partial charge in [-0.25, -0.2) is 4.68 Å². The molecule has 6 heteroatoms. The van der Waals surface area contributed by atoms with Crippen LogP contribution in [-0.4, -0.2) is 28.0 Å². The maximum Gasteiger partial charge on any atom is 0.307 e. The van der Waals surface area contributed by atoms with Crippen LogP contribution >= 0.6 is 11.6 Å². The Balaban J connectivity index is 2.32. The van der Waals surface area contributed by atoms with Crippen molar-refractivity contribution in [1.82, 2.24) is 9.78 Å². The van der Waals surface area contributed by atoms with Gasteiger partial charge in [-0.05, 0) is 24.3 Å². The standard InChI is InChI=1S/C12H11ClN2O3/c1-18-10-4-2-9(3-5-10)15-12(13)8(7-14-15)6-11(16)17/h2-5,7H,6H2,1H3,(H,16,17). The molecule has 0 bridgehead atoms. The predicted molar refractivity (Wildman–Crippen MR) is 66.5 cm³/mol. The molecule has 2 rings (SSSR count). The fourth-order valence-electron chi connectivity index (χ4n) is 1.55. The van der Waals surface area contributed by atoms with E-state index >= 15 is 0 Å². The normalized spacial score (nSPS) is 10.3. The van der Waals surface area contributed by atoms with Crippen molar-refractivity contribution >= 4 is 17.6 Å². The van der Waals surface area contributed by atoms with Crippen molar-refractivity contribution in [1.29, 1.82) is 0 Å². The molecule has 1 heterocycles. The minimum Gasteiger partial charge on any atom is -0.497 e. The number of hydrogen-bond acceptors (Lipinski definition) is 3. The van der Waals surface area contributed by atoms with Crippen LogP contribution in [-0.2, 0) is 11.2 Å². The van der Waals surface area contributed by atoms with Gasteiger partial charge < -0.3 is 9.84 Å². The van der Waals surface area contributed by atoms with E-state index < -0.39 is 5.97 Å². The van der Waals surface area contributed by atoms with Crippen molar-refractivity contribution in [3.63, 3.8) is 0 Å². The number of aromatic nitrogens is 2. The highest BCUT2D eigenvalue weighted by atomic mass is 35.5. The summed E-state index contributed by atoms with van der Waals surface area (Å²) < 4.78 is 6.54. The van der Waals surface area contributed by atoms with Crippen LogP contribution in [0.2, 0.25) is 5.15 Å². The van der Waals surface area contributed by atoms with Crippen LogP contribution in [0.15, 0.2) is 30.5 Å². The molecule has 0 saturated heterocycles. The topological polar surface area (TPSA) is 64.4 Å². The third-order valence-corrected chi connectivity index (χ3v) is 2.84. The Bertz CT molecular complexity index is 563. The molecule has 0 aliphatic carbocycles. The van der Waals surface area contributed by atoms with Crippen LogP contribution in [0.5, 0.6) is 5.75 Å². The minimum absolute atomic E-state index is 0.144. The number of nitrogens with zero attached hydrogens (tertiary/aromatic N) is 2. The van der Waals surface area contributed by atoms with E-state index in [1.165, 1.54) is 10.9 Å². The lowest BCUT2D eigenvalue weighted by Gasteiger charge is -2.05. The predicted octanol–water partition coefficient (Wildman–Crippen LogP) is 2.16. The number of benzene rings is 1. The van der Waals surface area contributed by atoms with Crippen molar-refractivity contribution < 1.29 is 14.6 Å². The number of carbonyl (C=O) groups is 1. The summed E-state index contributed by atoms with van der Waals surface area (Å²) in [6.07, 6.45) is 1.32. The molecule has 0 radical (unpaired) electrons. The van der Waals surface area contributed by atoms with Crippen molar-refractivity contribution in [2.75, 3.05) is 7.11 Å². The maximum atomic E-state index is 10.6. The van der Waals surface area contributed by atoms with Gasteiger partial charge in [-0.1, -0.05) is 11.6 Å². The first-order valence-electron chi connectivity index (χ1n) is 5.20. The zero-order valence-electron chi connectivity index (χ0n) is 9.63. The second-order valence-corrected chi connectivity index (χ2v) is 4.00. The fraction of sp³-hybridized carbons (Fsp3) is 0.167. The molecule has 1 aromatic heterocycles. The molecule has 0 aliphatic rings. The summed E-state index contributed by atoms with van der Waals surface area (Å²) in [6.45, 7) is 0. The van der Waals surface area contributed by atoms with E-state index in [1.807, 2.05) is 0 Å². The lowest BCUT2D eigenvalue weighted by molar-refractivity contribution is -0.136. The van der Waals surface area contributed by atoms with Crippen molar-refractivity contribution in [2.24, 2.45) is 0 Å². The molecule has 5 nitrogen and oxygen atoms in total. The fourth-order valence-corrected chi connectivity index (χ4v) is 1.81. The van der Waals surface area contributed by atoms with Gasteiger partial charge in [0.25, 0.3) is 0 Å². The molecular weight excluding hydrogens is 256 g/mol. The van der Waals surface area contributed by atoms with Gasteiger partial charge >= 0.3 is 5.97 Å². The van der Waals surface area contributed by atoms with E-state index in [2.05, 4.69) is 5.10 Å². The van der Waals surface area contributed by atoms with Crippen LogP contribution in [0.25, 0.3) is 5.69 Å². The molecule has 0 amide bonds. The minimum atomic E-state index is -0.939. The number of rotatable bonds is 4. The largest absolute Gasteiger partial charge is 0.497 e. The van der Waals surface area contributed by atoms with Gasteiger partial charge in [0.1, 0.15) is 10.9 Å². The summed E-state index contributed by atoms with van der Waals surface area (Å²) in [6, 6.07) is 7.15. The number of aliphatic carboxylic acids is 1. The third-order valence-electron chi connectivity index (χ3n) is 2.44. The average Bonchev–Trinajstić information content (AvgIpc) is 2.71. The molecule has 1 N–H and O–H groups in total. The van der Waals surface area contributed by atoms with Crippen molar-refractivity contribution in [3.05, 3.63) is 41.2 Å². The quantitative estimate of drug-likeness (QED) is 0.921. The van der Waals surface area contributed by atoms with Gasteiger partial charge in [0.2, 0.25) is 0 Å². The Morgan fingerprint density at radius 2 is 2.11 bits per heavy atom. The number of ether oxygens (including phenoxy) is 1. The summed E-state index contributed by atoms with van der Waals surface area (Å²) in [5.41, 5.74) is 1.23. The molecule has 0 atom stereocenters. The first kappa shape index (κ1) is 12.4. The monoisotopic (exact) mass is 266 g/mol. The molecule has 1 aromatic carbocycles. The lowest BCUT2D eigenvalue weighted by Crippen LogP contribution is -2.00. The first-order chi connectivity index (χ1) is 8.61. The van der Waals surface area contributed by atoms with Gasteiger partial charge in [-0.2, -0.15) is 5.10 Å². The molecule has 2 aromatic rings.